The second kappa shape index (κ2) is 8.39. The summed E-state index contributed by atoms with van der Waals surface area (Å²) in [6.45, 7) is 0.447. The van der Waals surface area contributed by atoms with Gasteiger partial charge in [0.1, 0.15) is 24.0 Å². The Labute approximate surface area is 141 Å². The van der Waals surface area contributed by atoms with Crippen LogP contribution in [-0.4, -0.2) is 24.9 Å². The fourth-order valence-corrected chi connectivity index (χ4v) is 2.00. The molecule has 2 aromatic carbocycles. The Morgan fingerprint density at radius 3 is 2.62 bits per heavy atom. The first-order chi connectivity index (χ1) is 11.6. The van der Waals surface area contributed by atoms with Gasteiger partial charge in [-0.05, 0) is 17.7 Å². The normalized spacial score (nSPS) is 10.6. The van der Waals surface area contributed by atoms with E-state index < -0.39 is 5.91 Å². The van der Waals surface area contributed by atoms with Gasteiger partial charge in [0, 0.05) is 32.0 Å². The number of nitrogens with one attached hydrogen (secondary N) is 1. The quantitative estimate of drug-likeness (QED) is 0.655. The highest BCUT2D eigenvalue weighted by Gasteiger charge is 2.10. The summed E-state index contributed by atoms with van der Waals surface area (Å²) in [5.41, 5.74) is 1.67. The molecule has 2 aromatic rings. The van der Waals surface area contributed by atoms with E-state index in [1.165, 1.54) is 6.20 Å². The molecule has 1 amide bonds. The average Bonchev–Trinajstić information content (AvgIpc) is 2.59. The maximum absolute atomic E-state index is 12.1. The minimum absolute atomic E-state index is 0.0376. The van der Waals surface area contributed by atoms with E-state index in [-0.39, 0.29) is 5.57 Å². The van der Waals surface area contributed by atoms with Gasteiger partial charge in [0.15, 0.2) is 0 Å². The van der Waals surface area contributed by atoms with E-state index in [9.17, 15) is 4.79 Å². The summed E-state index contributed by atoms with van der Waals surface area (Å²) in [5, 5.41) is 11.8. The second-order valence-electron chi connectivity index (χ2n) is 5.37. The summed E-state index contributed by atoms with van der Waals surface area (Å²) in [6.07, 6.45) is 1.48. The predicted molar refractivity (Wildman–Crippen MR) is 93.2 cm³/mol. The Bertz CT molecular complexity index is 762. The number of nitrogens with zero attached hydrogens (tertiary/aromatic N) is 2. The second-order valence-corrected chi connectivity index (χ2v) is 5.37. The molecular formula is C19H19N3O2. The molecular weight excluding hydrogens is 302 g/mol. The van der Waals surface area contributed by atoms with E-state index in [0.717, 1.165) is 5.56 Å². The van der Waals surface area contributed by atoms with Crippen LogP contribution in [0.4, 0.5) is 5.69 Å². The number of carbonyl (C=O) groups excluding carboxylic acids is 1. The van der Waals surface area contributed by atoms with Gasteiger partial charge in [-0.15, -0.1) is 0 Å². The first kappa shape index (κ1) is 17.1. The van der Waals surface area contributed by atoms with Crippen molar-refractivity contribution in [2.45, 2.75) is 6.61 Å². The van der Waals surface area contributed by atoms with E-state index in [2.05, 4.69) is 5.32 Å². The van der Waals surface area contributed by atoms with Crippen molar-refractivity contribution < 1.29 is 9.53 Å². The molecule has 0 saturated heterocycles. The highest BCUT2D eigenvalue weighted by Crippen LogP contribution is 2.19. The van der Waals surface area contributed by atoms with Crippen molar-refractivity contribution in [3.05, 3.63) is 71.9 Å². The molecule has 24 heavy (non-hydrogen) atoms. The number of hydrogen-bond donors (Lipinski definition) is 1. The molecule has 5 nitrogen and oxygen atoms in total. The summed E-state index contributed by atoms with van der Waals surface area (Å²) in [5.74, 6) is 0.193. The molecule has 0 fully saturated rings. The van der Waals surface area contributed by atoms with Crippen LogP contribution >= 0.6 is 0 Å². The van der Waals surface area contributed by atoms with Gasteiger partial charge in [-0.25, -0.2) is 0 Å². The molecule has 122 valence electrons. The van der Waals surface area contributed by atoms with Crippen molar-refractivity contribution in [3.8, 4) is 11.8 Å². The molecule has 0 heterocycles. The van der Waals surface area contributed by atoms with Crippen molar-refractivity contribution in [1.82, 2.24) is 4.90 Å². The van der Waals surface area contributed by atoms with Crippen LogP contribution in [0.1, 0.15) is 5.56 Å². The van der Waals surface area contributed by atoms with Crippen molar-refractivity contribution in [2.75, 3.05) is 19.4 Å². The van der Waals surface area contributed by atoms with E-state index in [4.69, 9.17) is 10.00 Å². The molecule has 0 aliphatic heterocycles. The van der Waals surface area contributed by atoms with Crippen molar-refractivity contribution >= 4 is 11.6 Å². The number of ether oxygens (including phenoxy) is 1. The maximum atomic E-state index is 12.1. The highest BCUT2D eigenvalue weighted by atomic mass is 16.5. The lowest BCUT2D eigenvalue weighted by atomic mass is 10.2. The van der Waals surface area contributed by atoms with E-state index in [0.29, 0.717) is 18.0 Å². The molecule has 0 aromatic heterocycles. The van der Waals surface area contributed by atoms with Gasteiger partial charge >= 0.3 is 0 Å². The summed E-state index contributed by atoms with van der Waals surface area (Å²) < 4.78 is 5.73. The highest BCUT2D eigenvalue weighted by molar-refractivity contribution is 6.06. The first-order valence-electron chi connectivity index (χ1n) is 7.45. The van der Waals surface area contributed by atoms with Crippen LogP contribution < -0.4 is 10.1 Å². The van der Waals surface area contributed by atoms with Crippen LogP contribution in [0.3, 0.4) is 0 Å². The summed E-state index contributed by atoms with van der Waals surface area (Å²) in [6, 6.07) is 18.8. The molecule has 1 N–H and O–H groups in total. The Balaban J connectivity index is 2.02. The molecule has 0 radical (unpaired) electrons. The summed E-state index contributed by atoms with van der Waals surface area (Å²) in [4.78, 5) is 13.8. The SMILES string of the molecule is CN(C)C=C(C#N)C(=O)Nc1cccc(OCc2ccccc2)c1. The van der Waals surface area contributed by atoms with E-state index in [1.807, 2.05) is 42.5 Å². The number of hydrogen-bond acceptors (Lipinski definition) is 4. The van der Waals surface area contributed by atoms with Gasteiger partial charge in [0.2, 0.25) is 0 Å². The van der Waals surface area contributed by atoms with Gasteiger partial charge in [0.25, 0.3) is 5.91 Å². The average molecular weight is 321 g/mol. The minimum Gasteiger partial charge on any atom is -0.489 e. The lowest BCUT2D eigenvalue weighted by Crippen LogP contribution is -2.16. The third kappa shape index (κ3) is 5.18. The molecule has 0 unspecified atom stereocenters. The molecule has 0 spiro atoms. The van der Waals surface area contributed by atoms with Crippen LogP contribution in [0.5, 0.6) is 5.75 Å². The number of amides is 1. The zero-order chi connectivity index (χ0) is 17.4. The van der Waals surface area contributed by atoms with Crippen molar-refractivity contribution in [1.29, 1.82) is 5.26 Å². The Morgan fingerprint density at radius 1 is 1.21 bits per heavy atom. The fraction of sp³-hybridized carbons (Fsp3) is 0.158. The first-order valence-corrected chi connectivity index (χ1v) is 7.45. The fourth-order valence-electron chi connectivity index (χ4n) is 2.00. The van der Waals surface area contributed by atoms with Crippen molar-refractivity contribution in [3.63, 3.8) is 0 Å². The Morgan fingerprint density at radius 2 is 1.96 bits per heavy atom. The van der Waals surface area contributed by atoms with Crippen LogP contribution in [0.2, 0.25) is 0 Å². The zero-order valence-corrected chi connectivity index (χ0v) is 13.7. The van der Waals surface area contributed by atoms with Gasteiger partial charge in [0.05, 0.1) is 0 Å². The Kier molecular flexibility index (Phi) is 5.98. The molecule has 0 bridgehead atoms. The number of anilines is 1. The van der Waals surface area contributed by atoms with Gasteiger partial charge in [-0.1, -0.05) is 36.4 Å². The monoisotopic (exact) mass is 321 g/mol. The predicted octanol–water partition coefficient (Wildman–Crippen LogP) is 3.17. The van der Waals surface area contributed by atoms with Crippen LogP contribution in [0, 0.1) is 11.3 Å². The third-order valence-corrected chi connectivity index (χ3v) is 3.09. The Hall–Kier alpha value is -3.26. The van der Waals surface area contributed by atoms with Crippen molar-refractivity contribution in [2.24, 2.45) is 0 Å². The third-order valence-electron chi connectivity index (χ3n) is 3.09. The van der Waals surface area contributed by atoms with E-state index in [1.54, 1.807) is 37.2 Å². The van der Waals surface area contributed by atoms with Crippen LogP contribution in [-0.2, 0) is 11.4 Å². The standard InChI is InChI=1S/C19H19N3O2/c1-22(2)13-16(12-20)19(23)21-17-9-6-10-18(11-17)24-14-15-7-4-3-5-8-15/h3-11,13H,14H2,1-2H3,(H,21,23). The number of benzene rings is 2. The molecule has 2 rings (SSSR count). The van der Waals surface area contributed by atoms with Gasteiger partial charge < -0.3 is 15.0 Å². The maximum Gasteiger partial charge on any atom is 0.267 e. The molecule has 0 aliphatic carbocycles. The van der Waals surface area contributed by atoms with Gasteiger partial charge in [-0.2, -0.15) is 5.26 Å². The summed E-state index contributed by atoms with van der Waals surface area (Å²) >= 11 is 0. The minimum atomic E-state index is -0.452. The number of carbonyl (C=O) groups is 1. The smallest absolute Gasteiger partial charge is 0.267 e. The van der Waals surface area contributed by atoms with Gasteiger partial charge in [-0.3, -0.25) is 4.79 Å². The molecule has 0 saturated carbocycles. The van der Waals surface area contributed by atoms with Crippen LogP contribution in [0.15, 0.2) is 66.4 Å². The topological polar surface area (TPSA) is 65.4 Å². The van der Waals surface area contributed by atoms with Crippen LogP contribution in [0.25, 0.3) is 0 Å². The summed E-state index contributed by atoms with van der Waals surface area (Å²) in [7, 11) is 3.51. The number of nitriles is 1. The number of rotatable bonds is 6. The largest absolute Gasteiger partial charge is 0.489 e. The molecule has 0 atom stereocenters. The zero-order valence-electron chi connectivity index (χ0n) is 13.7. The van der Waals surface area contributed by atoms with E-state index >= 15 is 0 Å². The lowest BCUT2D eigenvalue weighted by molar-refractivity contribution is -0.112. The molecule has 0 aliphatic rings. The molecule has 5 heteroatoms. The lowest BCUT2D eigenvalue weighted by Gasteiger charge is -2.10.